The van der Waals surface area contributed by atoms with Crippen LogP contribution in [0.15, 0.2) is 18.3 Å². The monoisotopic (exact) mass is 304 g/mol. The van der Waals surface area contributed by atoms with Crippen molar-refractivity contribution in [3.05, 3.63) is 23.9 Å². The van der Waals surface area contributed by atoms with E-state index in [0.717, 1.165) is 24.5 Å². The molecule has 2 saturated heterocycles. The van der Waals surface area contributed by atoms with E-state index in [9.17, 15) is 9.59 Å². The highest BCUT2D eigenvalue weighted by Gasteiger charge is 2.28. The Morgan fingerprint density at radius 1 is 1.27 bits per heavy atom. The van der Waals surface area contributed by atoms with E-state index in [1.54, 1.807) is 11.1 Å². The third-order valence-electron chi connectivity index (χ3n) is 4.08. The average Bonchev–Trinajstić information content (AvgIpc) is 2.93. The summed E-state index contributed by atoms with van der Waals surface area (Å²) in [6.45, 7) is 5.84. The number of rotatable bonds is 3. The molecule has 2 aliphatic heterocycles. The minimum Gasteiger partial charge on any atom is -0.448 e. The number of ether oxygens (including phenoxy) is 1. The van der Waals surface area contributed by atoms with Crippen LogP contribution < -0.4 is 4.90 Å². The summed E-state index contributed by atoms with van der Waals surface area (Å²) in [6.07, 6.45) is 1.40. The molecule has 0 unspecified atom stereocenters. The van der Waals surface area contributed by atoms with Crippen LogP contribution >= 0.6 is 0 Å². The first-order valence-corrected chi connectivity index (χ1v) is 7.51. The van der Waals surface area contributed by atoms with Crippen LogP contribution in [0.1, 0.15) is 5.56 Å². The molecule has 0 saturated carbocycles. The second-order valence-electron chi connectivity index (χ2n) is 5.55. The normalized spacial score (nSPS) is 18.6. The first kappa shape index (κ1) is 14.6. The average molecular weight is 304 g/mol. The van der Waals surface area contributed by atoms with Crippen molar-refractivity contribution in [2.75, 3.05) is 50.8 Å². The minimum atomic E-state index is -0.393. The van der Waals surface area contributed by atoms with Gasteiger partial charge in [0.25, 0.3) is 0 Å². The Labute approximate surface area is 129 Å². The number of aromatic nitrogens is 1. The summed E-state index contributed by atoms with van der Waals surface area (Å²) >= 11 is 0. The van der Waals surface area contributed by atoms with Gasteiger partial charge < -0.3 is 14.5 Å². The van der Waals surface area contributed by atoms with Gasteiger partial charge in [-0.15, -0.1) is 0 Å². The zero-order chi connectivity index (χ0) is 15.5. The molecule has 3 heterocycles. The summed E-state index contributed by atoms with van der Waals surface area (Å²) < 4.78 is 4.84. The molecule has 0 N–H and O–H groups in total. The summed E-state index contributed by atoms with van der Waals surface area (Å²) in [5.74, 6) is 0.967. The molecule has 0 aromatic carbocycles. The van der Waals surface area contributed by atoms with Crippen molar-refractivity contribution in [1.82, 2.24) is 14.8 Å². The van der Waals surface area contributed by atoms with Gasteiger partial charge in [-0.05, 0) is 18.6 Å². The van der Waals surface area contributed by atoms with Gasteiger partial charge in [-0.1, -0.05) is 6.07 Å². The van der Waals surface area contributed by atoms with Gasteiger partial charge in [0.05, 0.1) is 6.54 Å². The lowest BCUT2D eigenvalue weighted by Crippen LogP contribution is -2.51. The first-order valence-electron chi connectivity index (χ1n) is 7.51. The zero-order valence-corrected chi connectivity index (χ0v) is 12.7. The Kier molecular flexibility index (Phi) is 4.13. The van der Waals surface area contributed by atoms with Crippen LogP contribution in [-0.2, 0) is 9.53 Å². The fourth-order valence-corrected chi connectivity index (χ4v) is 2.81. The van der Waals surface area contributed by atoms with E-state index < -0.39 is 6.09 Å². The molecular weight excluding hydrogens is 284 g/mol. The number of hydrogen-bond donors (Lipinski definition) is 0. The maximum atomic E-state index is 12.3. The van der Waals surface area contributed by atoms with Gasteiger partial charge in [-0.25, -0.2) is 9.78 Å². The molecule has 3 rings (SSSR count). The first-order chi connectivity index (χ1) is 10.6. The predicted octanol–water partition coefficient (Wildman–Crippen LogP) is 0.491. The summed E-state index contributed by atoms with van der Waals surface area (Å²) in [5.41, 5.74) is 1.14. The minimum absolute atomic E-state index is 0.0174. The molecule has 118 valence electrons. The Morgan fingerprint density at radius 3 is 2.68 bits per heavy atom. The van der Waals surface area contributed by atoms with Crippen molar-refractivity contribution >= 4 is 17.8 Å². The number of nitrogens with zero attached hydrogens (tertiary/aromatic N) is 4. The van der Waals surface area contributed by atoms with Gasteiger partial charge in [0.15, 0.2) is 0 Å². The van der Waals surface area contributed by atoms with Gasteiger partial charge in [-0.2, -0.15) is 0 Å². The molecule has 2 aliphatic rings. The van der Waals surface area contributed by atoms with E-state index in [2.05, 4.69) is 9.88 Å². The molecule has 1 aromatic heterocycles. The maximum Gasteiger partial charge on any atom is 0.410 e. The summed E-state index contributed by atoms with van der Waals surface area (Å²) in [4.78, 5) is 33.5. The quantitative estimate of drug-likeness (QED) is 0.813. The number of pyridine rings is 1. The Morgan fingerprint density at radius 2 is 2.05 bits per heavy atom. The van der Waals surface area contributed by atoms with E-state index in [1.165, 1.54) is 4.90 Å². The summed E-state index contributed by atoms with van der Waals surface area (Å²) in [5, 5.41) is 0. The van der Waals surface area contributed by atoms with Gasteiger partial charge in [0.1, 0.15) is 19.0 Å². The van der Waals surface area contributed by atoms with Crippen LogP contribution in [0.25, 0.3) is 0 Å². The highest BCUT2D eigenvalue weighted by molar-refractivity contribution is 5.83. The zero-order valence-electron chi connectivity index (χ0n) is 12.7. The molecule has 0 radical (unpaired) electrons. The summed E-state index contributed by atoms with van der Waals surface area (Å²) in [7, 11) is 0. The lowest BCUT2D eigenvalue weighted by molar-refractivity contribution is -0.132. The highest BCUT2D eigenvalue weighted by atomic mass is 16.6. The van der Waals surface area contributed by atoms with E-state index in [-0.39, 0.29) is 12.5 Å². The number of piperazine rings is 1. The second-order valence-corrected chi connectivity index (χ2v) is 5.55. The molecule has 2 amide bonds. The topological polar surface area (TPSA) is 66.0 Å². The predicted molar refractivity (Wildman–Crippen MR) is 80.7 cm³/mol. The second kappa shape index (κ2) is 6.21. The third-order valence-corrected chi connectivity index (χ3v) is 4.08. The Bertz CT molecular complexity index is 570. The molecule has 0 spiro atoms. The van der Waals surface area contributed by atoms with E-state index >= 15 is 0 Å². The van der Waals surface area contributed by atoms with E-state index in [1.807, 2.05) is 19.1 Å². The Hall–Kier alpha value is -2.31. The van der Waals surface area contributed by atoms with Crippen LogP contribution in [0.4, 0.5) is 10.6 Å². The molecule has 7 heteroatoms. The molecule has 7 nitrogen and oxygen atoms in total. The number of anilines is 1. The number of carbonyl (C=O) groups excluding carboxylic acids is 2. The van der Waals surface area contributed by atoms with Gasteiger partial charge >= 0.3 is 6.09 Å². The lowest BCUT2D eigenvalue weighted by Gasteiger charge is -2.36. The number of cyclic esters (lactones) is 1. The molecule has 0 atom stereocenters. The van der Waals surface area contributed by atoms with Gasteiger partial charge in [0.2, 0.25) is 5.91 Å². The van der Waals surface area contributed by atoms with Crippen LogP contribution in [0, 0.1) is 6.92 Å². The smallest absolute Gasteiger partial charge is 0.410 e. The highest BCUT2D eigenvalue weighted by Crippen LogP contribution is 2.18. The fourth-order valence-electron chi connectivity index (χ4n) is 2.81. The largest absolute Gasteiger partial charge is 0.448 e. The SMILES string of the molecule is Cc1cccnc1N1CCN(C(=O)CN2CCOC2=O)CC1. The van der Waals surface area contributed by atoms with E-state index in [0.29, 0.717) is 26.2 Å². The summed E-state index contributed by atoms with van der Waals surface area (Å²) in [6, 6.07) is 3.96. The molecule has 0 aliphatic carbocycles. The Balaban J connectivity index is 1.54. The van der Waals surface area contributed by atoms with Crippen molar-refractivity contribution in [3.8, 4) is 0 Å². The third kappa shape index (κ3) is 2.98. The standard InChI is InChI=1S/C15H20N4O3/c1-12-3-2-4-16-14(12)18-7-5-17(6-8-18)13(20)11-19-9-10-22-15(19)21/h2-4H,5-11H2,1H3. The van der Waals surface area contributed by atoms with Crippen LogP contribution in [0.3, 0.4) is 0 Å². The molecule has 22 heavy (non-hydrogen) atoms. The number of aryl methyl sites for hydroxylation is 1. The fraction of sp³-hybridized carbons (Fsp3) is 0.533. The van der Waals surface area contributed by atoms with Crippen molar-refractivity contribution in [3.63, 3.8) is 0 Å². The van der Waals surface area contributed by atoms with E-state index in [4.69, 9.17) is 4.74 Å². The molecule has 2 fully saturated rings. The van der Waals surface area contributed by atoms with Gasteiger partial charge in [-0.3, -0.25) is 9.69 Å². The lowest BCUT2D eigenvalue weighted by atomic mass is 10.2. The van der Waals surface area contributed by atoms with Crippen LogP contribution in [-0.4, -0.2) is 72.7 Å². The van der Waals surface area contributed by atoms with Crippen molar-refractivity contribution in [2.24, 2.45) is 0 Å². The van der Waals surface area contributed by atoms with Crippen molar-refractivity contribution in [2.45, 2.75) is 6.92 Å². The van der Waals surface area contributed by atoms with Crippen LogP contribution in [0.2, 0.25) is 0 Å². The molecule has 1 aromatic rings. The molecule has 0 bridgehead atoms. The van der Waals surface area contributed by atoms with Crippen LogP contribution in [0.5, 0.6) is 0 Å². The van der Waals surface area contributed by atoms with Gasteiger partial charge in [0, 0.05) is 32.4 Å². The maximum absolute atomic E-state index is 12.3. The number of hydrogen-bond acceptors (Lipinski definition) is 5. The van der Waals surface area contributed by atoms with Crippen molar-refractivity contribution in [1.29, 1.82) is 0 Å². The number of carbonyl (C=O) groups is 2. The van der Waals surface area contributed by atoms with Crippen molar-refractivity contribution < 1.29 is 14.3 Å². The number of amides is 2. The molecular formula is C15H20N4O3.